The van der Waals surface area contributed by atoms with Crippen LogP contribution in [0.2, 0.25) is 5.02 Å². The van der Waals surface area contributed by atoms with E-state index in [1.807, 2.05) is 19.2 Å². The van der Waals surface area contributed by atoms with Gasteiger partial charge in [-0.3, -0.25) is 5.41 Å². The van der Waals surface area contributed by atoms with Crippen LogP contribution < -0.4 is 10.6 Å². The van der Waals surface area contributed by atoms with E-state index in [2.05, 4.69) is 4.90 Å². The van der Waals surface area contributed by atoms with Crippen molar-refractivity contribution < 1.29 is 4.74 Å². The summed E-state index contributed by atoms with van der Waals surface area (Å²) >= 11 is 6.26. The number of amidine groups is 1. The van der Waals surface area contributed by atoms with Crippen LogP contribution in [0.25, 0.3) is 0 Å². The molecule has 5 heteroatoms. The van der Waals surface area contributed by atoms with Crippen molar-refractivity contribution in [1.29, 1.82) is 5.41 Å². The summed E-state index contributed by atoms with van der Waals surface area (Å²) in [6.07, 6.45) is 2.34. The number of rotatable bonds is 4. The molecule has 104 valence electrons. The second-order valence-electron chi connectivity index (χ2n) is 5.04. The summed E-state index contributed by atoms with van der Waals surface area (Å²) in [5, 5.41) is 8.04. The van der Waals surface area contributed by atoms with Crippen molar-refractivity contribution in [1.82, 2.24) is 0 Å². The largest absolute Gasteiger partial charge is 0.384 e. The van der Waals surface area contributed by atoms with E-state index in [9.17, 15) is 0 Å². The molecule has 1 aliphatic heterocycles. The van der Waals surface area contributed by atoms with Gasteiger partial charge in [-0.05, 0) is 37.0 Å². The number of nitrogen functional groups attached to an aromatic ring is 1. The summed E-state index contributed by atoms with van der Waals surface area (Å²) < 4.78 is 5.50. The molecule has 1 saturated heterocycles. The molecule has 0 aliphatic carbocycles. The van der Waals surface area contributed by atoms with Gasteiger partial charge in [0.05, 0.1) is 17.3 Å². The average molecular weight is 282 g/mol. The smallest absolute Gasteiger partial charge is 0.122 e. The number of nitrogens with two attached hydrogens (primary N) is 1. The summed E-state index contributed by atoms with van der Waals surface area (Å²) in [6, 6.07) is 5.49. The van der Waals surface area contributed by atoms with Crippen molar-refractivity contribution in [3.05, 3.63) is 28.8 Å². The number of hydrogen-bond donors (Lipinski definition) is 2. The molecule has 1 aromatic rings. The van der Waals surface area contributed by atoms with Crippen molar-refractivity contribution in [2.75, 3.05) is 31.7 Å². The van der Waals surface area contributed by atoms with E-state index in [0.29, 0.717) is 16.5 Å². The number of halogens is 1. The van der Waals surface area contributed by atoms with E-state index in [0.717, 1.165) is 31.9 Å². The zero-order chi connectivity index (χ0) is 13.8. The number of hydrogen-bond acceptors (Lipinski definition) is 3. The summed E-state index contributed by atoms with van der Waals surface area (Å²) in [5.41, 5.74) is 7.08. The predicted molar refractivity (Wildman–Crippen MR) is 79.3 cm³/mol. The molecule has 1 aromatic carbocycles. The van der Waals surface area contributed by atoms with Crippen molar-refractivity contribution in [2.24, 2.45) is 11.7 Å². The molecule has 0 saturated carbocycles. The number of anilines is 1. The lowest BCUT2D eigenvalue weighted by Crippen LogP contribution is -2.31. The minimum absolute atomic E-state index is 0.0387. The van der Waals surface area contributed by atoms with Crippen LogP contribution in [-0.2, 0) is 4.74 Å². The Kier molecular flexibility index (Phi) is 4.66. The molecule has 0 amide bonds. The molecule has 1 fully saturated rings. The Hall–Kier alpha value is -1.26. The third-order valence-corrected chi connectivity index (χ3v) is 3.76. The SMILES string of the molecule is CN(CC1CCCOC1)c1ccc(C(=N)N)cc1Cl. The van der Waals surface area contributed by atoms with Crippen LogP contribution in [0.3, 0.4) is 0 Å². The second kappa shape index (κ2) is 6.26. The lowest BCUT2D eigenvalue weighted by molar-refractivity contribution is 0.0576. The summed E-state index contributed by atoms with van der Waals surface area (Å²) in [5.74, 6) is 0.596. The maximum atomic E-state index is 7.40. The van der Waals surface area contributed by atoms with Gasteiger partial charge < -0.3 is 15.4 Å². The fraction of sp³-hybridized carbons (Fsp3) is 0.500. The Morgan fingerprint density at radius 2 is 2.37 bits per heavy atom. The Bertz CT molecular complexity index is 458. The maximum Gasteiger partial charge on any atom is 0.122 e. The molecule has 19 heavy (non-hydrogen) atoms. The van der Waals surface area contributed by atoms with Gasteiger partial charge in [0.25, 0.3) is 0 Å². The quantitative estimate of drug-likeness (QED) is 0.658. The molecule has 0 aromatic heterocycles. The van der Waals surface area contributed by atoms with Crippen LogP contribution in [0.5, 0.6) is 0 Å². The van der Waals surface area contributed by atoms with E-state index in [1.54, 1.807) is 6.07 Å². The highest BCUT2D eigenvalue weighted by Crippen LogP contribution is 2.27. The Morgan fingerprint density at radius 3 is 2.95 bits per heavy atom. The minimum atomic E-state index is 0.0387. The van der Waals surface area contributed by atoms with Gasteiger partial charge in [-0.1, -0.05) is 11.6 Å². The van der Waals surface area contributed by atoms with Gasteiger partial charge in [0.15, 0.2) is 0 Å². The van der Waals surface area contributed by atoms with Crippen LogP contribution in [0, 0.1) is 11.3 Å². The fourth-order valence-corrected chi connectivity index (χ4v) is 2.75. The first kappa shape index (κ1) is 14.2. The number of nitrogens with zero attached hydrogens (tertiary/aromatic N) is 1. The minimum Gasteiger partial charge on any atom is -0.384 e. The number of nitrogens with one attached hydrogen (secondary N) is 1. The molecule has 1 unspecified atom stereocenters. The summed E-state index contributed by atoms with van der Waals surface area (Å²) in [6.45, 7) is 2.64. The zero-order valence-electron chi connectivity index (χ0n) is 11.2. The average Bonchev–Trinajstić information content (AvgIpc) is 2.39. The van der Waals surface area contributed by atoms with Gasteiger partial charge in [-0.15, -0.1) is 0 Å². The van der Waals surface area contributed by atoms with Gasteiger partial charge >= 0.3 is 0 Å². The monoisotopic (exact) mass is 281 g/mol. The lowest BCUT2D eigenvalue weighted by Gasteiger charge is -2.29. The van der Waals surface area contributed by atoms with Crippen LogP contribution in [0.1, 0.15) is 18.4 Å². The standard InChI is InChI=1S/C14H20ClN3O/c1-18(8-10-3-2-6-19-9-10)13-5-4-11(14(16)17)7-12(13)15/h4-5,7,10H,2-3,6,8-9H2,1H3,(H3,16,17). The Balaban J connectivity index is 2.05. The molecule has 3 N–H and O–H groups in total. The van der Waals surface area contributed by atoms with Crippen LogP contribution in [0.4, 0.5) is 5.69 Å². The third-order valence-electron chi connectivity index (χ3n) is 3.46. The van der Waals surface area contributed by atoms with Gasteiger partial charge in [-0.2, -0.15) is 0 Å². The molecule has 4 nitrogen and oxygen atoms in total. The molecule has 0 bridgehead atoms. The molecule has 0 spiro atoms. The molecular formula is C14H20ClN3O. The lowest BCUT2D eigenvalue weighted by atomic mass is 10.0. The first-order chi connectivity index (χ1) is 9.08. The first-order valence-corrected chi connectivity index (χ1v) is 6.88. The molecular weight excluding hydrogens is 262 g/mol. The van der Waals surface area contributed by atoms with Crippen molar-refractivity contribution in [3.63, 3.8) is 0 Å². The number of benzene rings is 1. The van der Waals surface area contributed by atoms with Gasteiger partial charge in [0.2, 0.25) is 0 Å². The van der Waals surface area contributed by atoms with Gasteiger partial charge in [0.1, 0.15) is 5.84 Å². The summed E-state index contributed by atoms with van der Waals surface area (Å²) in [4.78, 5) is 2.14. The molecule has 1 heterocycles. The molecule has 1 atom stereocenters. The second-order valence-corrected chi connectivity index (χ2v) is 5.45. The highest BCUT2D eigenvalue weighted by atomic mass is 35.5. The highest BCUT2D eigenvalue weighted by Gasteiger charge is 2.17. The van der Waals surface area contributed by atoms with Crippen LogP contribution >= 0.6 is 11.6 Å². The van der Waals surface area contributed by atoms with Crippen LogP contribution in [0.15, 0.2) is 18.2 Å². The van der Waals surface area contributed by atoms with Crippen molar-refractivity contribution in [2.45, 2.75) is 12.8 Å². The van der Waals surface area contributed by atoms with Gasteiger partial charge in [0, 0.05) is 25.8 Å². The number of ether oxygens (including phenoxy) is 1. The first-order valence-electron chi connectivity index (χ1n) is 6.50. The van der Waals surface area contributed by atoms with Crippen LogP contribution in [-0.4, -0.2) is 32.6 Å². The normalized spacial score (nSPS) is 19.2. The van der Waals surface area contributed by atoms with E-state index in [-0.39, 0.29) is 5.84 Å². The zero-order valence-corrected chi connectivity index (χ0v) is 11.9. The molecule has 1 aliphatic rings. The topological polar surface area (TPSA) is 62.3 Å². The Morgan fingerprint density at radius 1 is 1.58 bits per heavy atom. The van der Waals surface area contributed by atoms with Crippen molar-refractivity contribution >= 4 is 23.1 Å². The third kappa shape index (κ3) is 3.61. The molecule has 0 radical (unpaired) electrons. The Labute approximate surface area is 119 Å². The van der Waals surface area contributed by atoms with E-state index in [1.165, 1.54) is 6.42 Å². The predicted octanol–water partition coefficient (Wildman–Crippen LogP) is 2.49. The van der Waals surface area contributed by atoms with E-state index in [4.69, 9.17) is 27.5 Å². The summed E-state index contributed by atoms with van der Waals surface area (Å²) in [7, 11) is 2.03. The maximum absolute atomic E-state index is 7.40. The fourth-order valence-electron chi connectivity index (χ4n) is 2.42. The van der Waals surface area contributed by atoms with Crippen molar-refractivity contribution in [3.8, 4) is 0 Å². The van der Waals surface area contributed by atoms with E-state index >= 15 is 0 Å². The highest BCUT2D eigenvalue weighted by molar-refractivity contribution is 6.33. The van der Waals surface area contributed by atoms with Gasteiger partial charge in [-0.25, -0.2) is 0 Å². The van der Waals surface area contributed by atoms with E-state index < -0.39 is 0 Å². The molecule has 2 rings (SSSR count).